The van der Waals surface area contributed by atoms with Crippen LogP contribution in [0.2, 0.25) is 0 Å². The summed E-state index contributed by atoms with van der Waals surface area (Å²) in [5, 5.41) is 3.05. The van der Waals surface area contributed by atoms with Gasteiger partial charge in [-0.1, -0.05) is 0 Å². The number of hydrogen-bond acceptors (Lipinski definition) is 3. The molecule has 1 heterocycles. The van der Waals surface area contributed by atoms with Gasteiger partial charge in [0.1, 0.15) is 0 Å². The average Bonchev–Trinajstić information content (AvgIpc) is 2.47. The Bertz CT molecular complexity index is 182. The average molecular weight is 185 g/mol. The molecule has 0 radical (unpaired) electrons. The van der Waals surface area contributed by atoms with Crippen molar-refractivity contribution in [3.8, 4) is 0 Å². The van der Waals surface area contributed by atoms with Crippen LogP contribution in [0, 0.1) is 0 Å². The molecule has 0 aromatic heterocycles. The highest BCUT2D eigenvalue weighted by atomic mass is 16.2. The topological polar surface area (TPSA) is 35.6 Å². The minimum atomic E-state index is 0.228. The number of nitrogens with zero attached hydrogens (tertiary/aromatic N) is 2. The molecule has 4 nitrogen and oxygen atoms in total. The van der Waals surface area contributed by atoms with Crippen LogP contribution in [-0.4, -0.2) is 55.6 Å². The lowest BCUT2D eigenvalue weighted by Crippen LogP contribution is -2.37. The van der Waals surface area contributed by atoms with Gasteiger partial charge in [-0.05, 0) is 34.0 Å². The summed E-state index contributed by atoms with van der Waals surface area (Å²) in [7, 11) is 4.10. The van der Waals surface area contributed by atoms with Crippen molar-refractivity contribution in [1.82, 2.24) is 15.1 Å². The summed E-state index contributed by atoms with van der Waals surface area (Å²) in [6, 6.07) is 0.352. The van der Waals surface area contributed by atoms with Gasteiger partial charge < -0.3 is 9.80 Å². The van der Waals surface area contributed by atoms with E-state index in [4.69, 9.17) is 0 Å². The van der Waals surface area contributed by atoms with E-state index in [-0.39, 0.29) is 5.91 Å². The fraction of sp³-hybridized carbons (Fsp3) is 0.889. The van der Waals surface area contributed by atoms with Gasteiger partial charge in [0.05, 0.1) is 13.2 Å². The maximum atomic E-state index is 11.3. The van der Waals surface area contributed by atoms with Gasteiger partial charge in [-0.3, -0.25) is 10.1 Å². The van der Waals surface area contributed by atoms with E-state index in [0.29, 0.717) is 19.3 Å². The number of carbonyl (C=O) groups is 1. The molecule has 0 bridgehead atoms. The predicted octanol–water partition coefficient (Wildman–Crippen LogP) is -0.284. The van der Waals surface area contributed by atoms with Crippen LogP contribution >= 0.6 is 0 Å². The fourth-order valence-electron chi connectivity index (χ4n) is 1.48. The summed E-state index contributed by atoms with van der Waals surface area (Å²) < 4.78 is 0. The quantitative estimate of drug-likeness (QED) is 0.654. The molecule has 76 valence electrons. The van der Waals surface area contributed by atoms with Crippen molar-refractivity contribution in [2.75, 3.05) is 33.9 Å². The van der Waals surface area contributed by atoms with Gasteiger partial charge >= 0.3 is 0 Å². The SMILES string of the molecule is CC(CCN(C)C)N1CNCC1=O. The Morgan fingerprint density at radius 1 is 1.62 bits per heavy atom. The molecule has 0 aromatic carbocycles. The zero-order valence-corrected chi connectivity index (χ0v) is 8.71. The summed E-state index contributed by atoms with van der Waals surface area (Å²) in [6.07, 6.45) is 1.04. The molecular formula is C9H19N3O. The molecule has 1 aliphatic heterocycles. The van der Waals surface area contributed by atoms with Crippen LogP contribution in [0.1, 0.15) is 13.3 Å². The highest BCUT2D eigenvalue weighted by Crippen LogP contribution is 2.06. The lowest BCUT2D eigenvalue weighted by molar-refractivity contribution is -0.128. The van der Waals surface area contributed by atoms with Crippen molar-refractivity contribution in [3.05, 3.63) is 0 Å². The smallest absolute Gasteiger partial charge is 0.237 e. The van der Waals surface area contributed by atoms with Gasteiger partial charge in [0, 0.05) is 6.04 Å². The second-order valence-corrected chi connectivity index (χ2v) is 3.89. The first kappa shape index (κ1) is 10.5. The first-order valence-electron chi connectivity index (χ1n) is 4.76. The summed E-state index contributed by atoms with van der Waals surface area (Å²) in [5.74, 6) is 0.228. The lowest BCUT2D eigenvalue weighted by Gasteiger charge is -2.24. The third-order valence-corrected chi connectivity index (χ3v) is 2.40. The molecule has 0 spiro atoms. The Morgan fingerprint density at radius 3 is 2.77 bits per heavy atom. The number of hydrogen-bond donors (Lipinski definition) is 1. The van der Waals surface area contributed by atoms with Gasteiger partial charge in [-0.25, -0.2) is 0 Å². The molecule has 1 unspecified atom stereocenters. The number of amides is 1. The van der Waals surface area contributed by atoms with Crippen LogP contribution in [0.4, 0.5) is 0 Å². The maximum Gasteiger partial charge on any atom is 0.237 e. The molecule has 1 saturated heterocycles. The van der Waals surface area contributed by atoms with E-state index in [9.17, 15) is 4.79 Å². The molecule has 1 atom stereocenters. The molecule has 1 aliphatic rings. The zero-order chi connectivity index (χ0) is 9.84. The molecule has 0 aromatic rings. The van der Waals surface area contributed by atoms with Crippen molar-refractivity contribution < 1.29 is 4.79 Å². The molecule has 4 heteroatoms. The molecular weight excluding hydrogens is 166 g/mol. The second kappa shape index (κ2) is 4.58. The van der Waals surface area contributed by atoms with E-state index in [1.54, 1.807) is 0 Å². The Balaban J connectivity index is 2.30. The van der Waals surface area contributed by atoms with Crippen molar-refractivity contribution >= 4 is 5.91 Å². The van der Waals surface area contributed by atoms with E-state index in [0.717, 1.165) is 13.0 Å². The van der Waals surface area contributed by atoms with E-state index in [1.165, 1.54) is 0 Å². The molecule has 0 aliphatic carbocycles. The van der Waals surface area contributed by atoms with Crippen molar-refractivity contribution in [1.29, 1.82) is 0 Å². The standard InChI is InChI=1S/C9H19N3O/c1-8(4-5-11(2)3)12-7-10-6-9(12)13/h8,10H,4-7H2,1-3H3. The fourth-order valence-corrected chi connectivity index (χ4v) is 1.48. The van der Waals surface area contributed by atoms with E-state index >= 15 is 0 Å². The third-order valence-electron chi connectivity index (χ3n) is 2.40. The second-order valence-electron chi connectivity index (χ2n) is 3.89. The molecule has 1 rings (SSSR count). The molecule has 1 N–H and O–H groups in total. The Hall–Kier alpha value is -0.610. The van der Waals surface area contributed by atoms with Gasteiger partial charge in [-0.15, -0.1) is 0 Å². The number of carbonyl (C=O) groups excluding carboxylic acids is 1. The van der Waals surface area contributed by atoms with Gasteiger partial charge in [0.25, 0.3) is 0 Å². The van der Waals surface area contributed by atoms with Crippen LogP contribution in [-0.2, 0) is 4.79 Å². The van der Waals surface area contributed by atoms with E-state index < -0.39 is 0 Å². The highest BCUT2D eigenvalue weighted by molar-refractivity contribution is 5.80. The highest BCUT2D eigenvalue weighted by Gasteiger charge is 2.24. The van der Waals surface area contributed by atoms with Crippen molar-refractivity contribution in [2.24, 2.45) is 0 Å². The summed E-state index contributed by atoms with van der Waals surface area (Å²) in [6.45, 7) is 4.36. The Morgan fingerprint density at radius 2 is 2.31 bits per heavy atom. The first-order valence-corrected chi connectivity index (χ1v) is 4.76. The van der Waals surface area contributed by atoms with Gasteiger partial charge in [-0.2, -0.15) is 0 Å². The summed E-state index contributed by atoms with van der Waals surface area (Å²) >= 11 is 0. The summed E-state index contributed by atoms with van der Waals surface area (Å²) in [4.78, 5) is 15.4. The van der Waals surface area contributed by atoms with Gasteiger partial charge in [0.15, 0.2) is 0 Å². The van der Waals surface area contributed by atoms with Crippen LogP contribution in [0.15, 0.2) is 0 Å². The van der Waals surface area contributed by atoms with E-state index in [2.05, 4.69) is 31.2 Å². The zero-order valence-electron chi connectivity index (χ0n) is 8.71. The first-order chi connectivity index (χ1) is 6.11. The van der Waals surface area contributed by atoms with Crippen LogP contribution < -0.4 is 5.32 Å². The Kier molecular flexibility index (Phi) is 3.69. The molecule has 13 heavy (non-hydrogen) atoms. The lowest BCUT2D eigenvalue weighted by atomic mass is 10.2. The largest absolute Gasteiger partial charge is 0.326 e. The predicted molar refractivity (Wildman–Crippen MR) is 52.3 cm³/mol. The third kappa shape index (κ3) is 2.97. The van der Waals surface area contributed by atoms with Crippen molar-refractivity contribution in [3.63, 3.8) is 0 Å². The number of nitrogens with one attached hydrogen (secondary N) is 1. The molecule has 1 amide bonds. The van der Waals surface area contributed by atoms with Crippen LogP contribution in [0.5, 0.6) is 0 Å². The van der Waals surface area contributed by atoms with Crippen molar-refractivity contribution in [2.45, 2.75) is 19.4 Å². The van der Waals surface area contributed by atoms with Crippen LogP contribution in [0.25, 0.3) is 0 Å². The molecule has 0 saturated carbocycles. The van der Waals surface area contributed by atoms with Gasteiger partial charge in [0.2, 0.25) is 5.91 Å². The molecule has 1 fully saturated rings. The minimum Gasteiger partial charge on any atom is -0.326 e. The Labute approximate surface area is 79.9 Å². The van der Waals surface area contributed by atoms with E-state index in [1.807, 2.05) is 4.90 Å². The van der Waals surface area contributed by atoms with Crippen LogP contribution in [0.3, 0.4) is 0 Å². The monoisotopic (exact) mass is 185 g/mol. The summed E-state index contributed by atoms with van der Waals surface area (Å²) in [5.41, 5.74) is 0. The minimum absolute atomic E-state index is 0.228. The normalized spacial score (nSPS) is 20.0. The maximum absolute atomic E-state index is 11.3. The number of rotatable bonds is 4.